The van der Waals surface area contributed by atoms with Crippen molar-refractivity contribution >= 4 is 23.8 Å². The molecule has 138 valence electrons. The first-order valence-electron chi connectivity index (χ1n) is 7.41. The number of nitrogens with two attached hydrogens (primary N) is 1. The summed E-state index contributed by atoms with van der Waals surface area (Å²) in [5.41, 5.74) is 2.27. The molecule has 0 saturated heterocycles. The molecule has 0 aliphatic carbocycles. The number of carbonyl (C=O) groups is 1. The lowest BCUT2D eigenvalue weighted by Gasteiger charge is -2.09. The van der Waals surface area contributed by atoms with Crippen molar-refractivity contribution in [1.29, 1.82) is 0 Å². The number of aromatic nitrogens is 3. The molecule has 1 aromatic carbocycles. The molecule has 0 aliphatic rings. The van der Waals surface area contributed by atoms with Gasteiger partial charge in [-0.3, -0.25) is 14.9 Å². The number of carbonyl (C=O) groups excluding carboxylic acids is 1. The number of nitro benzene ring substituents is 1. The van der Waals surface area contributed by atoms with E-state index in [-0.39, 0.29) is 23.0 Å². The summed E-state index contributed by atoms with van der Waals surface area (Å²) in [5.74, 6) is 5.59. The van der Waals surface area contributed by atoms with E-state index in [1.807, 2.05) is 6.92 Å². The van der Waals surface area contributed by atoms with E-state index < -0.39 is 16.6 Å². The first-order valence-corrected chi connectivity index (χ1v) is 7.41. The Hall–Kier alpha value is -3.70. The second-order valence-electron chi connectivity index (χ2n) is 4.92. The minimum atomic E-state index is -0.659. The highest BCUT2D eigenvalue weighted by Gasteiger charge is 2.25. The number of ether oxygens (including phenoxy) is 2. The Morgan fingerprint density at radius 3 is 2.77 bits per heavy atom. The first-order chi connectivity index (χ1) is 12.4. The largest absolute Gasteiger partial charge is 0.488 e. The fourth-order valence-electron chi connectivity index (χ4n) is 2.09. The van der Waals surface area contributed by atoms with Gasteiger partial charge >= 0.3 is 11.7 Å². The average Bonchev–Trinajstić information content (AvgIpc) is 2.94. The van der Waals surface area contributed by atoms with E-state index in [1.165, 1.54) is 37.1 Å². The standard InChI is InChI=1S/C14H17N7O5/c1-4-11-17-19-14(20(11)15)18-16-7-9-5-6-10(26-8(2)22)13(25-3)12(9)21(23)24/h5-7H,4,15H2,1-3H3,(H,18,19)/b16-7-. The second-order valence-corrected chi connectivity index (χ2v) is 4.92. The SMILES string of the molecule is CCc1nnc(N/N=C\c2ccc(OC(C)=O)c(OC)c2[N+](=O)[O-])n1N. The van der Waals surface area contributed by atoms with Gasteiger partial charge in [0.15, 0.2) is 11.6 Å². The van der Waals surface area contributed by atoms with Gasteiger partial charge in [-0.05, 0) is 12.1 Å². The van der Waals surface area contributed by atoms with Crippen LogP contribution in [0.4, 0.5) is 11.6 Å². The van der Waals surface area contributed by atoms with Gasteiger partial charge in [-0.15, -0.1) is 10.2 Å². The zero-order valence-electron chi connectivity index (χ0n) is 14.3. The van der Waals surface area contributed by atoms with Gasteiger partial charge in [0.25, 0.3) is 5.95 Å². The van der Waals surface area contributed by atoms with E-state index in [0.717, 1.165) is 0 Å². The lowest BCUT2D eigenvalue weighted by atomic mass is 10.1. The molecule has 0 bridgehead atoms. The molecule has 12 nitrogen and oxygen atoms in total. The van der Waals surface area contributed by atoms with Gasteiger partial charge in [-0.1, -0.05) is 6.92 Å². The third-order valence-corrected chi connectivity index (χ3v) is 3.22. The molecule has 0 radical (unpaired) electrons. The van der Waals surface area contributed by atoms with Crippen LogP contribution in [0.2, 0.25) is 0 Å². The van der Waals surface area contributed by atoms with E-state index in [0.29, 0.717) is 12.2 Å². The molecular weight excluding hydrogens is 346 g/mol. The minimum Gasteiger partial charge on any atom is -0.488 e. The summed E-state index contributed by atoms with van der Waals surface area (Å²) in [5, 5.41) is 23.0. The molecule has 0 unspecified atom stereocenters. The van der Waals surface area contributed by atoms with Gasteiger partial charge in [0.05, 0.1) is 23.8 Å². The summed E-state index contributed by atoms with van der Waals surface area (Å²) in [4.78, 5) is 21.9. The van der Waals surface area contributed by atoms with Crippen molar-refractivity contribution < 1.29 is 19.2 Å². The van der Waals surface area contributed by atoms with Crippen LogP contribution in [0.25, 0.3) is 0 Å². The number of nitrogens with one attached hydrogen (secondary N) is 1. The van der Waals surface area contributed by atoms with E-state index >= 15 is 0 Å². The molecule has 0 amide bonds. The normalized spacial score (nSPS) is 10.7. The molecule has 12 heteroatoms. The quantitative estimate of drug-likeness (QED) is 0.181. The fraction of sp³-hybridized carbons (Fsp3) is 0.286. The zero-order chi connectivity index (χ0) is 19.3. The Labute approximate surface area is 147 Å². The maximum atomic E-state index is 11.4. The van der Waals surface area contributed by atoms with Crippen molar-refractivity contribution in [3.05, 3.63) is 33.6 Å². The number of esters is 1. The van der Waals surface area contributed by atoms with Crippen LogP contribution in [0.3, 0.4) is 0 Å². The van der Waals surface area contributed by atoms with Crippen LogP contribution in [0.15, 0.2) is 17.2 Å². The van der Waals surface area contributed by atoms with Gasteiger partial charge in [0, 0.05) is 13.3 Å². The number of methoxy groups -OCH3 is 1. The second kappa shape index (κ2) is 7.92. The predicted octanol–water partition coefficient (Wildman–Crippen LogP) is 0.842. The molecule has 1 heterocycles. The molecule has 0 fully saturated rings. The van der Waals surface area contributed by atoms with Crippen molar-refractivity contribution in [2.75, 3.05) is 18.4 Å². The topological polar surface area (TPSA) is 160 Å². The van der Waals surface area contributed by atoms with Crippen LogP contribution >= 0.6 is 0 Å². The Morgan fingerprint density at radius 2 is 2.23 bits per heavy atom. The van der Waals surface area contributed by atoms with Crippen LogP contribution in [-0.4, -0.2) is 39.1 Å². The molecule has 0 saturated carbocycles. The van der Waals surface area contributed by atoms with E-state index in [9.17, 15) is 14.9 Å². The van der Waals surface area contributed by atoms with Crippen LogP contribution in [0, 0.1) is 10.1 Å². The maximum absolute atomic E-state index is 11.4. The molecule has 26 heavy (non-hydrogen) atoms. The fourth-order valence-corrected chi connectivity index (χ4v) is 2.09. The van der Waals surface area contributed by atoms with Crippen LogP contribution in [0.1, 0.15) is 25.2 Å². The maximum Gasteiger partial charge on any atom is 0.323 e. The number of anilines is 1. The molecule has 3 N–H and O–H groups in total. The summed E-state index contributed by atoms with van der Waals surface area (Å²) < 4.78 is 11.2. The summed E-state index contributed by atoms with van der Waals surface area (Å²) in [6, 6.07) is 2.74. The van der Waals surface area contributed by atoms with Crippen molar-refractivity contribution in [3.8, 4) is 11.5 Å². The molecule has 0 spiro atoms. The van der Waals surface area contributed by atoms with E-state index in [2.05, 4.69) is 20.7 Å². The Kier molecular flexibility index (Phi) is 5.67. The number of rotatable bonds is 7. The Balaban J connectivity index is 2.34. The number of hydrazone groups is 1. The van der Waals surface area contributed by atoms with Gasteiger partial charge in [0.2, 0.25) is 5.75 Å². The van der Waals surface area contributed by atoms with Crippen LogP contribution in [0.5, 0.6) is 11.5 Å². The number of benzene rings is 1. The van der Waals surface area contributed by atoms with Crippen molar-refractivity contribution in [3.63, 3.8) is 0 Å². The summed E-state index contributed by atoms with van der Waals surface area (Å²) in [6.45, 7) is 3.04. The molecule has 0 aliphatic heterocycles. The number of hydrogen-bond acceptors (Lipinski definition) is 10. The number of nitro groups is 1. The zero-order valence-corrected chi connectivity index (χ0v) is 14.3. The highest BCUT2D eigenvalue weighted by atomic mass is 16.6. The van der Waals surface area contributed by atoms with Gasteiger partial charge in [-0.2, -0.15) is 5.10 Å². The van der Waals surface area contributed by atoms with Crippen molar-refractivity contribution in [1.82, 2.24) is 14.9 Å². The number of hydrogen-bond donors (Lipinski definition) is 2. The minimum absolute atomic E-state index is 0.0638. The Bertz CT molecular complexity index is 862. The molecule has 2 aromatic rings. The third kappa shape index (κ3) is 3.85. The lowest BCUT2D eigenvalue weighted by Crippen LogP contribution is -2.15. The molecule has 0 atom stereocenters. The molecule has 2 rings (SSSR count). The van der Waals surface area contributed by atoms with Gasteiger partial charge in [-0.25, -0.2) is 10.1 Å². The van der Waals surface area contributed by atoms with Crippen molar-refractivity contribution in [2.24, 2.45) is 5.10 Å². The predicted molar refractivity (Wildman–Crippen MR) is 91.7 cm³/mol. The van der Waals surface area contributed by atoms with Crippen molar-refractivity contribution in [2.45, 2.75) is 20.3 Å². The number of aryl methyl sites for hydroxylation is 1. The first kappa shape index (κ1) is 18.6. The van der Waals surface area contributed by atoms with Crippen LogP contribution in [-0.2, 0) is 11.2 Å². The summed E-state index contributed by atoms with van der Waals surface area (Å²) in [7, 11) is 1.23. The van der Waals surface area contributed by atoms with Crippen LogP contribution < -0.4 is 20.7 Å². The third-order valence-electron chi connectivity index (χ3n) is 3.22. The van der Waals surface area contributed by atoms with Gasteiger partial charge < -0.3 is 15.3 Å². The number of nitrogen functional groups attached to an aromatic ring is 1. The molecular formula is C14H17N7O5. The smallest absolute Gasteiger partial charge is 0.323 e. The monoisotopic (exact) mass is 363 g/mol. The van der Waals surface area contributed by atoms with E-state index in [1.54, 1.807) is 0 Å². The van der Waals surface area contributed by atoms with E-state index in [4.69, 9.17) is 15.3 Å². The van der Waals surface area contributed by atoms with Gasteiger partial charge in [0.1, 0.15) is 0 Å². The molecule has 1 aromatic heterocycles. The Morgan fingerprint density at radius 1 is 1.50 bits per heavy atom. The summed E-state index contributed by atoms with van der Waals surface area (Å²) >= 11 is 0. The summed E-state index contributed by atoms with van der Waals surface area (Å²) in [6.07, 6.45) is 1.77. The average molecular weight is 363 g/mol. The highest BCUT2D eigenvalue weighted by Crippen LogP contribution is 2.39. The highest BCUT2D eigenvalue weighted by molar-refractivity contribution is 5.89. The number of nitrogens with zero attached hydrogens (tertiary/aromatic N) is 5. The lowest BCUT2D eigenvalue weighted by molar-refractivity contribution is -0.385.